The Morgan fingerprint density at radius 3 is 2.65 bits per heavy atom. The van der Waals surface area contributed by atoms with Crippen molar-refractivity contribution in [2.75, 3.05) is 13.1 Å². The molecular formula is C20H27ClN4O. The lowest BCUT2D eigenvalue weighted by Gasteiger charge is -2.28. The number of nitrogens with zero attached hydrogens (tertiary/aromatic N) is 3. The monoisotopic (exact) mass is 374 g/mol. The van der Waals surface area contributed by atoms with Crippen LogP contribution in [0.2, 0.25) is 0 Å². The summed E-state index contributed by atoms with van der Waals surface area (Å²) in [6.45, 7) is 6.03. The molecule has 0 saturated carbocycles. The van der Waals surface area contributed by atoms with Crippen molar-refractivity contribution in [3.63, 3.8) is 0 Å². The molecule has 140 valence electrons. The molecule has 3 heterocycles. The number of amides is 1. The predicted molar refractivity (Wildman–Crippen MR) is 105 cm³/mol. The lowest BCUT2D eigenvalue weighted by Crippen LogP contribution is -2.43. The van der Waals surface area contributed by atoms with E-state index in [0.29, 0.717) is 18.5 Å². The number of benzene rings is 1. The van der Waals surface area contributed by atoms with Gasteiger partial charge in [-0.2, -0.15) is 5.10 Å². The summed E-state index contributed by atoms with van der Waals surface area (Å²) in [7, 11) is 0. The van der Waals surface area contributed by atoms with Gasteiger partial charge in [-0.05, 0) is 51.8 Å². The largest absolute Gasteiger partial charge is 0.335 e. The molecule has 1 aromatic heterocycles. The molecule has 1 amide bonds. The van der Waals surface area contributed by atoms with Gasteiger partial charge in [-0.25, -0.2) is 4.68 Å². The van der Waals surface area contributed by atoms with Crippen molar-refractivity contribution < 1.29 is 4.79 Å². The topological polar surface area (TPSA) is 50.2 Å². The average molecular weight is 375 g/mol. The standard InChI is InChI=1S/C20H26N4O.ClH/c1-14-19(15(2)24(22-14)17-6-4-3-5-7-17)12-20(25)23-16-8-9-18(23)13-21-11-10-16;/h3-7,16,18,21H,8-13H2,1-2H3;1H. The molecule has 2 aromatic rings. The highest BCUT2D eigenvalue weighted by Gasteiger charge is 2.38. The fourth-order valence-electron chi connectivity index (χ4n) is 4.38. The summed E-state index contributed by atoms with van der Waals surface area (Å²) in [5.74, 6) is 0.259. The summed E-state index contributed by atoms with van der Waals surface area (Å²) in [4.78, 5) is 15.3. The average Bonchev–Trinajstić information content (AvgIpc) is 3.04. The van der Waals surface area contributed by atoms with Crippen LogP contribution in [0.3, 0.4) is 0 Å². The molecule has 2 unspecified atom stereocenters. The minimum atomic E-state index is 0. The van der Waals surface area contributed by atoms with E-state index in [2.05, 4.69) is 22.2 Å². The third kappa shape index (κ3) is 3.38. The van der Waals surface area contributed by atoms with E-state index in [1.807, 2.05) is 41.9 Å². The molecule has 2 bridgehead atoms. The lowest BCUT2D eigenvalue weighted by atomic mass is 10.1. The molecule has 0 radical (unpaired) electrons. The number of hydrogen-bond acceptors (Lipinski definition) is 3. The van der Waals surface area contributed by atoms with Crippen molar-refractivity contribution in [1.82, 2.24) is 20.0 Å². The van der Waals surface area contributed by atoms with Gasteiger partial charge in [0.05, 0.1) is 17.8 Å². The summed E-state index contributed by atoms with van der Waals surface area (Å²) in [5.41, 5.74) is 4.14. The lowest BCUT2D eigenvalue weighted by molar-refractivity contribution is -0.133. The van der Waals surface area contributed by atoms with Crippen LogP contribution in [-0.2, 0) is 11.2 Å². The third-order valence-corrected chi connectivity index (χ3v) is 5.71. The summed E-state index contributed by atoms with van der Waals surface area (Å²) in [6.07, 6.45) is 3.81. The smallest absolute Gasteiger partial charge is 0.227 e. The second-order valence-corrected chi connectivity index (χ2v) is 7.25. The maximum atomic E-state index is 13.1. The van der Waals surface area contributed by atoms with Crippen LogP contribution in [-0.4, -0.2) is 45.8 Å². The Kier molecular flexibility index (Phi) is 5.68. The Balaban J connectivity index is 0.00000196. The van der Waals surface area contributed by atoms with E-state index in [-0.39, 0.29) is 18.3 Å². The quantitative estimate of drug-likeness (QED) is 0.898. The number of rotatable bonds is 3. The number of nitrogens with one attached hydrogen (secondary N) is 1. The molecule has 2 aliphatic heterocycles. The molecule has 1 N–H and O–H groups in total. The minimum Gasteiger partial charge on any atom is -0.335 e. The molecule has 1 aromatic carbocycles. The Morgan fingerprint density at radius 1 is 1.15 bits per heavy atom. The summed E-state index contributed by atoms with van der Waals surface area (Å²) < 4.78 is 1.95. The van der Waals surface area contributed by atoms with Gasteiger partial charge in [-0.15, -0.1) is 12.4 Å². The number of fused-ring (bicyclic) bond motifs is 2. The summed E-state index contributed by atoms with van der Waals surface area (Å²) >= 11 is 0. The van der Waals surface area contributed by atoms with Crippen LogP contribution in [0, 0.1) is 13.8 Å². The molecule has 0 spiro atoms. The number of hydrogen-bond donors (Lipinski definition) is 1. The van der Waals surface area contributed by atoms with E-state index in [4.69, 9.17) is 0 Å². The van der Waals surface area contributed by atoms with Crippen LogP contribution >= 0.6 is 12.4 Å². The van der Waals surface area contributed by atoms with E-state index in [1.165, 1.54) is 0 Å². The maximum Gasteiger partial charge on any atom is 0.227 e. The SMILES string of the molecule is Cc1nn(-c2ccccc2)c(C)c1CC(=O)N1C2CCNCC1CC2.Cl. The third-order valence-electron chi connectivity index (χ3n) is 5.71. The van der Waals surface area contributed by atoms with Crippen LogP contribution < -0.4 is 5.32 Å². The van der Waals surface area contributed by atoms with Crippen molar-refractivity contribution in [2.24, 2.45) is 0 Å². The van der Waals surface area contributed by atoms with Gasteiger partial charge < -0.3 is 10.2 Å². The second-order valence-electron chi connectivity index (χ2n) is 7.25. The van der Waals surface area contributed by atoms with Gasteiger partial charge in [0.1, 0.15) is 0 Å². The Bertz CT molecular complexity index is 760. The molecule has 2 atom stereocenters. The molecule has 4 rings (SSSR count). The molecule has 2 fully saturated rings. The number of aryl methyl sites for hydroxylation is 1. The fourth-order valence-corrected chi connectivity index (χ4v) is 4.38. The van der Waals surface area contributed by atoms with Crippen LogP contribution in [0.4, 0.5) is 0 Å². The van der Waals surface area contributed by atoms with Crippen LogP contribution in [0.1, 0.15) is 36.2 Å². The first-order chi connectivity index (χ1) is 12.1. The van der Waals surface area contributed by atoms with E-state index < -0.39 is 0 Å². The zero-order valence-corrected chi connectivity index (χ0v) is 16.3. The Labute approximate surface area is 161 Å². The summed E-state index contributed by atoms with van der Waals surface area (Å²) in [5, 5.41) is 8.15. The number of para-hydroxylation sites is 1. The minimum absolute atomic E-state index is 0. The van der Waals surface area contributed by atoms with Gasteiger partial charge in [-0.3, -0.25) is 4.79 Å². The van der Waals surface area contributed by atoms with Gasteiger partial charge in [0, 0.05) is 29.9 Å². The van der Waals surface area contributed by atoms with Crippen molar-refractivity contribution in [3.05, 3.63) is 47.3 Å². The first kappa shape index (κ1) is 18.9. The van der Waals surface area contributed by atoms with Gasteiger partial charge >= 0.3 is 0 Å². The van der Waals surface area contributed by atoms with E-state index in [1.54, 1.807) is 0 Å². The van der Waals surface area contributed by atoms with Crippen molar-refractivity contribution in [3.8, 4) is 5.69 Å². The summed E-state index contributed by atoms with van der Waals surface area (Å²) in [6, 6.07) is 10.9. The van der Waals surface area contributed by atoms with E-state index >= 15 is 0 Å². The zero-order valence-electron chi connectivity index (χ0n) is 15.4. The Hall–Kier alpha value is -1.85. The molecule has 0 aliphatic carbocycles. The van der Waals surface area contributed by atoms with Crippen LogP contribution in [0.25, 0.3) is 5.69 Å². The van der Waals surface area contributed by atoms with Crippen molar-refractivity contribution >= 4 is 18.3 Å². The van der Waals surface area contributed by atoms with Gasteiger partial charge in [0.2, 0.25) is 5.91 Å². The molecule has 6 heteroatoms. The zero-order chi connectivity index (χ0) is 17.4. The van der Waals surface area contributed by atoms with E-state index in [9.17, 15) is 4.79 Å². The molecule has 26 heavy (non-hydrogen) atoms. The van der Waals surface area contributed by atoms with Crippen molar-refractivity contribution in [1.29, 1.82) is 0 Å². The number of aromatic nitrogens is 2. The van der Waals surface area contributed by atoms with Crippen LogP contribution in [0.15, 0.2) is 30.3 Å². The first-order valence-electron chi connectivity index (χ1n) is 9.27. The highest BCUT2D eigenvalue weighted by molar-refractivity contribution is 5.85. The molecule has 2 saturated heterocycles. The number of carbonyl (C=O) groups excluding carboxylic acids is 1. The van der Waals surface area contributed by atoms with Gasteiger partial charge in [0.15, 0.2) is 0 Å². The number of halogens is 1. The highest BCUT2D eigenvalue weighted by Crippen LogP contribution is 2.29. The van der Waals surface area contributed by atoms with Crippen LogP contribution in [0.5, 0.6) is 0 Å². The van der Waals surface area contributed by atoms with Crippen molar-refractivity contribution in [2.45, 2.75) is 51.6 Å². The first-order valence-corrected chi connectivity index (χ1v) is 9.27. The van der Waals surface area contributed by atoms with E-state index in [0.717, 1.165) is 55.0 Å². The highest BCUT2D eigenvalue weighted by atomic mass is 35.5. The Morgan fingerprint density at radius 2 is 1.88 bits per heavy atom. The fraction of sp³-hybridized carbons (Fsp3) is 0.500. The molecular weight excluding hydrogens is 348 g/mol. The van der Waals surface area contributed by atoms with Gasteiger partial charge in [0.25, 0.3) is 0 Å². The molecule has 5 nitrogen and oxygen atoms in total. The van der Waals surface area contributed by atoms with Gasteiger partial charge in [-0.1, -0.05) is 18.2 Å². The second kappa shape index (κ2) is 7.80. The number of carbonyl (C=O) groups is 1. The predicted octanol–water partition coefficient (Wildman–Crippen LogP) is 2.81. The normalized spacial score (nSPS) is 22.0. The molecule has 2 aliphatic rings. The maximum absolute atomic E-state index is 13.1.